The number of carbonyl (C=O) groups is 1. The number of rotatable bonds is 2. The third-order valence-corrected chi connectivity index (χ3v) is 1.95. The van der Waals surface area contributed by atoms with Crippen molar-refractivity contribution in [2.45, 2.75) is 6.43 Å². The number of halogens is 3. The van der Waals surface area contributed by atoms with Gasteiger partial charge in [0.1, 0.15) is 11.2 Å². The minimum absolute atomic E-state index is 0.221. The van der Waals surface area contributed by atoms with Gasteiger partial charge in [-0.15, -0.1) is 0 Å². The maximum atomic E-state index is 12.7. The van der Waals surface area contributed by atoms with Crippen LogP contribution >= 0.6 is 11.6 Å². The maximum Gasteiger partial charge on any atom is 0.338 e. The number of esters is 1. The molecule has 0 unspecified atom stereocenters. The van der Waals surface area contributed by atoms with Gasteiger partial charge in [0, 0.05) is 0 Å². The van der Waals surface area contributed by atoms with E-state index < -0.39 is 29.2 Å². The van der Waals surface area contributed by atoms with Gasteiger partial charge in [0.05, 0.1) is 18.2 Å². The fraction of sp³-hybridized carbons (Fsp3) is 0.222. The number of hydrogen-bond donors (Lipinski definition) is 0. The molecule has 7 heteroatoms. The number of carbonyl (C=O) groups excluding carboxylic acids is 1. The number of ether oxygens (including phenoxy) is 1. The van der Waals surface area contributed by atoms with E-state index in [9.17, 15) is 13.6 Å². The van der Waals surface area contributed by atoms with Crippen molar-refractivity contribution >= 4 is 17.6 Å². The molecule has 0 radical (unpaired) electrons. The van der Waals surface area contributed by atoms with E-state index in [-0.39, 0.29) is 5.15 Å². The SMILES string of the molecule is COC(=O)c1cc(Cl)nc(C#N)c1C(F)F. The molecule has 0 fully saturated rings. The molecule has 0 aliphatic carbocycles. The molecule has 0 saturated carbocycles. The molecular weight excluding hydrogens is 242 g/mol. The second-order valence-corrected chi connectivity index (χ2v) is 3.05. The molecule has 0 amide bonds. The Balaban J connectivity index is 3.52. The number of hydrogen-bond acceptors (Lipinski definition) is 4. The predicted octanol–water partition coefficient (Wildman–Crippen LogP) is 2.33. The van der Waals surface area contributed by atoms with E-state index >= 15 is 0 Å². The van der Waals surface area contributed by atoms with Gasteiger partial charge in [-0.25, -0.2) is 18.6 Å². The summed E-state index contributed by atoms with van der Waals surface area (Å²) >= 11 is 5.49. The predicted molar refractivity (Wildman–Crippen MR) is 50.3 cm³/mol. The quantitative estimate of drug-likeness (QED) is 0.593. The summed E-state index contributed by atoms with van der Waals surface area (Å²) in [7, 11) is 1.04. The van der Waals surface area contributed by atoms with Gasteiger partial charge < -0.3 is 4.74 Å². The zero-order chi connectivity index (χ0) is 12.3. The highest BCUT2D eigenvalue weighted by atomic mass is 35.5. The monoisotopic (exact) mass is 246 g/mol. The standard InChI is InChI=1S/C9H5ClF2N2O2/c1-16-9(15)4-2-6(10)14-5(3-13)7(4)8(11)12/h2,8H,1H3. The number of aromatic nitrogens is 1. The first-order valence-corrected chi connectivity index (χ1v) is 4.36. The van der Waals surface area contributed by atoms with Gasteiger partial charge in [-0.1, -0.05) is 11.6 Å². The van der Waals surface area contributed by atoms with Crippen molar-refractivity contribution in [2.24, 2.45) is 0 Å². The van der Waals surface area contributed by atoms with Crippen LogP contribution in [0.3, 0.4) is 0 Å². The highest BCUT2D eigenvalue weighted by Gasteiger charge is 2.24. The van der Waals surface area contributed by atoms with E-state index in [2.05, 4.69) is 9.72 Å². The normalized spacial score (nSPS) is 10.0. The zero-order valence-electron chi connectivity index (χ0n) is 8.00. The van der Waals surface area contributed by atoms with E-state index in [1.807, 2.05) is 0 Å². The molecule has 1 aromatic heterocycles. The average molecular weight is 247 g/mol. The molecule has 0 saturated heterocycles. The number of alkyl halides is 2. The van der Waals surface area contributed by atoms with Gasteiger partial charge in [0.25, 0.3) is 6.43 Å². The Morgan fingerprint density at radius 1 is 1.69 bits per heavy atom. The minimum atomic E-state index is -3.01. The highest BCUT2D eigenvalue weighted by Crippen LogP contribution is 2.28. The molecule has 84 valence electrons. The molecule has 1 aromatic rings. The zero-order valence-corrected chi connectivity index (χ0v) is 8.76. The van der Waals surface area contributed by atoms with Crippen molar-refractivity contribution in [1.29, 1.82) is 5.26 Å². The van der Waals surface area contributed by atoms with Gasteiger partial charge in [0.2, 0.25) is 0 Å². The van der Waals surface area contributed by atoms with Gasteiger partial charge in [-0.05, 0) is 6.07 Å². The first-order chi connectivity index (χ1) is 7.51. The number of nitrogens with zero attached hydrogens (tertiary/aromatic N) is 2. The lowest BCUT2D eigenvalue weighted by Crippen LogP contribution is -2.09. The summed E-state index contributed by atoms with van der Waals surface area (Å²) in [5, 5.41) is 8.39. The Kier molecular flexibility index (Phi) is 3.74. The van der Waals surface area contributed by atoms with Crippen LogP contribution in [0.4, 0.5) is 8.78 Å². The van der Waals surface area contributed by atoms with Crippen LogP contribution in [0.15, 0.2) is 6.07 Å². The molecule has 0 bridgehead atoms. The summed E-state index contributed by atoms with van der Waals surface area (Å²) in [5.74, 6) is -0.990. The van der Waals surface area contributed by atoms with E-state index in [0.29, 0.717) is 0 Å². The molecule has 0 aromatic carbocycles. The average Bonchev–Trinajstić information content (AvgIpc) is 2.26. The van der Waals surface area contributed by atoms with Crippen LogP contribution in [0.25, 0.3) is 0 Å². The van der Waals surface area contributed by atoms with E-state index in [0.717, 1.165) is 13.2 Å². The summed E-state index contributed by atoms with van der Waals surface area (Å²) in [4.78, 5) is 14.6. The van der Waals surface area contributed by atoms with Crippen LogP contribution in [-0.2, 0) is 4.74 Å². The molecular formula is C9H5ClF2N2O2. The van der Waals surface area contributed by atoms with Crippen molar-refractivity contribution in [1.82, 2.24) is 4.98 Å². The molecule has 0 aliphatic rings. The lowest BCUT2D eigenvalue weighted by Gasteiger charge is -2.08. The number of pyridine rings is 1. The van der Waals surface area contributed by atoms with E-state index in [1.165, 1.54) is 6.07 Å². The fourth-order valence-corrected chi connectivity index (χ4v) is 1.30. The third-order valence-electron chi connectivity index (χ3n) is 1.76. The number of methoxy groups -OCH3 is 1. The summed E-state index contributed by atoms with van der Waals surface area (Å²) in [6, 6.07) is 2.39. The van der Waals surface area contributed by atoms with Gasteiger partial charge in [-0.3, -0.25) is 0 Å². The topological polar surface area (TPSA) is 63.0 Å². The molecule has 4 nitrogen and oxygen atoms in total. The van der Waals surface area contributed by atoms with Gasteiger partial charge in [-0.2, -0.15) is 5.26 Å². The molecule has 0 N–H and O–H groups in total. The summed E-state index contributed by atoms with van der Waals surface area (Å²) in [6.45, 7) is 0. The first-order valence-electron chi connectivity index (χ1n) is 3.98. The largest absolute Gasteiger partial charge is 0.465 e. The highest BCUT2D eigenvalue weighted by molar-refractivity contribution is 6.29. The Morgan fingerprint density at radius 3 is 2.75 bits per heavy atom. The van der Waals surface area contributed by atoms with Crippen LogP contribution in [0.5, 0.6) is 0 Å². The van der Waals surface area contributed by atoms with Crippen LogP contribution in [0.1, 0.15) is 28.0 Å². The molecule has 0 aliphatic heterocycles. The molecule has 1 rings (SSSR count). The number of nitriles is 1. The smallest absolute Gasteiger partial charge is 0.338 e. The maximum absolute atomic E-state index is 12.7. The van der Waals surface area contributed by atoms with E-state index in [1.54, 1.807) is 0 Å². The Labute approximate surface area is 94.4 Å². The molecule has 0 atom stereocenters. The summed E-state index contributed by atoms with van der Waals surface area (Å²) in [5.41, 5.74) is -1.80. The van der Waals surface area contributed by atoms with Crippen molar-refractivity contribution in [2.75, 3.05) is 7.11 Å². The first kappa shape index (κ1) is 12.3. The molecule has 0 spiro atoms. The summed E-state index contributed by atoms with van der Waals surface area (Å²) < 4.78 is 29.6. The lowest BCUT2D eigenvalue weighted by molar-refractivity contribution is 0.0589. The van der Waals surface area contributed by atoms with Gasteiger partial charge in [0.15, 0.2) is 5.69 Å². The van der Waals surface area contributed by atoms with Crippen molar-refractivity contribution in [3.63, 3.8) is 0 Å². The Hall–Kier alpha value is -1.74. The Morgan fingerprint density at radius 2 is 2.31 bits per heavy atom. The van der Waals surface area contributed by atoms with Crippen molar-refractivity contribution in [3.05, 3.63) is 28.0 Å². The van der Waals surface area contributed by atoms with Crippen LogP contribution in [0.2, 0.25) is 5.15 Å². The van der Waals surface area contributed by atoms with Crippen LogP contribution in [0, 0.1) is 11.3 Å². The minimum Gasteiger partial charge on any atom is -0.465 e. The van der Waals surface area contributed by atoms with Crippen LogP contribution in [-0.4, -0.2) is 18.1 Å². The third kappa shape index (κ3) is 2.25. The summed E-state index contributed by atoms with van der Waals surface area (Å²) in [6.07, 6.45) is -3.01. The van der Waals surface area contributed by atoms with Gasteiger partial charge >= 0.3 is 5.97 Å². The molecule has 1 heterocycles. The second kappa shape index (κ2) is 4.86. The van der Waals surface area contributed by atoms with E-state index in [4.69, 9.17) is 16.9 Å². The fourth-order valence-electron chi connectivity index (χ4n) is 1.11. The second-order valence-electron chi connectivity index (χ2n) is 2.66. The van der Waals surface area contributed by atoms with Crippen LogP contribution < -0.4 is 0 Å². The Bertz CT molecular complexity index is 471. The lowest BCUT2D eigenvalue weighted by atomic mass is 10.1. The van der Waals surface area contributed by atoms with Crippen molar-refractivity contribution < 1.29 is 18.3 Å². The molecule has 16 heavy (non-hydrogen) atoms. The van der Waals surface area contributed by atoms with Crippen molar-refractivity contribution in [3.8, 4) is 6.07 Å².